The van der Waals surface area contributed by atoms with Gasteiger partial charge in [0.05, 0.1) is 0 Å². The number of benzene rings is 1. The van der Waals surface area contributed by atoms with E-state index in [2.05, 4.69) is 44.8 Å². The quantitative estimate of drug-likeness (QED) is 0.799. The fourth-order valence-electron chi connectivity index (χ4n) is 2.75. The van der Waals surface area contributed by atoms with Crippen LogP contribution in [0.15, 0.2) is 40.4 Å². The highest BCUT2D eigenvalue weighted by Gasteiger charge is 2.43. The number of carbonyl (C=O) groups is 1. The van der Waals surface area contributed by atoms with Gasteiger partial charge in [0.2, 0.25) is 5.91 Å². The van der Waals surface area contributed by atoms with Gasteiger partial charge in [0.15, 0.2) is 0 Å². The summed E-state index contributed by atoms with van der Waals surface area (Å²) in [6.45, 7) is 2.66. The lowest BCUT2D eigenvalue weighted by Gasteiger charge is -2.14. The number of hydrogen-bond donors (Lipinski definition) is 2. The van der Waals surface area contributed by atoms with Gasteiger partial charge >= 0.3 is 0 Å². The molecule has 3 rings (SSSR count). The van der Waals surface area contributed by atoms with Gasteiger partial charge in [-0.3, -0.25) is 4.79 Å². The summed E-state index contributed by atoms with van der Waals surface area (Å²) in [5.74, 6) is 0.760. The molecule has 0 saturated heterocycles. The first-order valence-electron chi connectivity index (χ1n) is 7.16. The molecule has 3 nitrogen and oxygen atoms in total. The van der Waals surface area contributed by atoms with Gasteiger partial charge in [-0.25, -0.2) is 0 Å². The van der Waals surface area contributed by atoms with Crippen molar-refractivity contribution in [2.75, 3.05) is 19.6 Å². The monoisotopic (exact) mass is 370 g/mol. The minimum absolute atomic E-state index is 0. The van der Waals surface area contributed by atoms with E-state index < -0.39 is 0 Å². The van der Waals surface area contributed by atoms with Crippen LogP contribution in [0.4, 0.5) is 0 Å². The first-order chi connectivity index (χ1) is 9.74. The van der Waals surface area contributed by atoms with Crippen molar-refractivity contribution < 1.29 is 4.79 Å². The van der Waals surface area contributed by atoms with Gasteiger partial charge < -0.3 is 10.6 Å². The van der Waals surface area contributed by atoms with E-state index in [4.69, 9.17) is 0 Å². The third-order valence-electron chi connectivity index (χ3n) is 4.05. The lowest BCUT2D eigenvalue weighted by Crippen LogP contribution is -2.30. The third kappa shape index (κ3) is 4.31. The lowest BCUT2D eigenvalue weighted by molar-refractivity contribution is -0.122. The van der Waals surface area contributed by atoms with Gasteiger partial charge in [0, 0.05) is 23.5 Å². The lowest BCUT2D eigenvalue weighted by atomic mass is 10.1. The molecule has 0 aromatic heterocycles. The highest BCUT2D eigenvalue weighted by atomic mass is 79.9. The molecule has 114 valence electrons. The standard InChI is InChI=1S/C16H19BrN2O.ClH/c17-13-3-1-2-12(8-13)14-9-15(14)16(20)19-10-11-4-6-18-7-5-11;/h1-4,8,14-15,18H,5-7,9-10H2,(H,19,20);1H. The maximum absolute atomic E-state index is 12.2. The van der Waals surface area contributed by atoms with Gasteiger partial charge in [-0.2, -0.15) is 0 Å². The molecule has 1 saturated carbocycles. The van der Waals surface area contributed by atoms with E-state index in [-0.39, 0.29) is 24.2 Å². The summed E-state index contributed by atoms with van der Waals surface area (Å²) in [7, 11) is 0. The number of amides is 1. The Morgan fingerprint density at radius 3 is 3.00 bits per heavy atom. The molecule has 1 aromatic carbocycles. The van der Waals surface area contributed by atoms with Crippen molar-refractivity contribution in [3.8, 4) is 0 Å². The van der Waals surface area contributed by atoms with Crippen molar-refractivity contribution >= 4 is 34.2 Å². The summed E-state index contributed by atoms with van der Waals surface area (Å²) >= 11 is 3.48. The Hall–Kier alpha value is -0.840. The molecule has 1 amide bonds. The molecule has 0 bridgehead atoms. The fourth-order valence-corrected chi connectivity index (χ4v) is 3.17. The average Bonchev–Trinajstić information content (AvgIpc) is 3.26. The predicted octanol–water partition coefficient (Wildman–Crippen LogP) is 3.01. The normalized spacial score (nSPS) is 23.8. The van der Waals surface area contributed by atoms with E-state index in [9.17, 15) is 4.79 Å². The third-order valence-corrected chi connectivity index (χ3v) is 4.54. The molecule has 1 fully saturated rings. The van der Waals surface area contributed by atoms with Crippen LogP contribution in [0, 0.1) is 5.92 Å². The number of hydrogen-bond acceptors (Lipinski definition) is 2. The predicted molar refractivity (Wildman–Crippen MR) is 90.8 cm³/mol. The molecule has 2 unspecified atom stereocenters. The zero-order valence-electron chi connectivity index (χ0n) is 11.8. The van der Waals surface area contributed by atoms with Gasteiger partial charge in [-0.05, 0) is 43.0 Å². The zero-order chi connectivity index (χ0) is 13.9. The number of rotatable bonds is 4. The number of nitrogens with one attached hydrogen (secondary N) is 2. The molecule has 2 aliphatic rings. The topological polar surface area (TPSA) is 41.1 Å². The van der Waals surface area contributed by atoms with E-state index in [0.717, 1.165) is 30.4 Å². The highest BCUT2D eigenvalue weighted by molar-refractivity contribution is 9.10. The minimum atomic E-state index is 0. The van der Waals surface area contributed by atoms with Crippen LogP contribution in [0.25, 0.3) is 0 Å². The van der Waals surface area contributed by atoms with Gasteiger partial charge in [-0.1, -0.05) is 39.7 Å². The molecule has 1 aliphatic heterocycles. The molecule has 1 aliphatic carbocycles. The van der Waals surface area contributed by atoms with Crippen molar-refractivity contribution in [3.05, 3.63) is 46.0 Å². The van der Waals surface area contributed by atoms with E-state index >= 15 is 0 Å². The molecular weight excluding hydrogens is 352 g/mol. The largest absolute Gasteiger partial charge is 0.352 e. The van der Waals surface area contributed by atoms with Gasteiger partial charge in [-0.15, -0.1) is 12.4 Å². The maximum atomic E-state index is 12.2. The fraction of sp³-hybridized carbons (Fsp3) is 0.438. The Morgan fingerprint density at radius 1 is 1.43 bits per heavy atom. The number of halogens is 2. The van der Waals surface area contributed by atoms with Gasteiger partial charge in [0.1, 0.15) is 0 Å². The van der Waals surface area contributed by atoms with Crippen molar-refractivity contribution in [3.63, 3.8) is 0 Å². The van der Waals surface area contributed by atoms with Crippen LogP contribution in [0.5, 0.6) is 0 Å². The van der Waals surface area contributed by atoms with Crippen LogP contribution in [0.3, 0.4) is 0 Å². The second-order valence-corrected chi connectivity index (χ2v) is 6.45. The van der Waals surface area contributed by atoms with Crippen LogP contribution in [-0.4, -0.2) is 25.5 Å². The molecule has 2 atom stereocenters. The minimum Gasteiger partial charge on any atom is -0.352 e. The number of carbonyl (C=O) groups excluding carboxylic acids is 1. The first-order valence-corrected chi connectivity index (χ1v) is 7.95. The van der Waals surface area contributed by atoms with Crippen molar-refractivity contribution in [2.24, 2.45) is 5.92 Å². The zero-order valence-corrected chi connectivity index (χ0v) is 14.2. The molecule has 21 heavy (non-hydrogen) atoms. The summed E-state index contributed by atoms with van der Waals surface area (Å²) in [5, 5.41) is 6.36. The summed E-state index contributed by atoms with van der Waals surface area (Å²) in [6.07, 6.45) is 4.20. The summed E-state index contributed by atoms with van der Waals surface area (Å²) in [4.78, 5) is 12.2. The Kier molecular flexibility index (Phi) is 5.85. The molecule has 0 radical (unpaired) electrons. The molecule has 1 aromatic rings. The van der Waals surface area contributed by atoms with E-state index in [0.29, 0.717) is 12.5 Å². The maximum Gasteiger partial charge on any atom is 0.224 e. The van der Waals surface area contributed by atoms with Gasteiger partial charge in [0.25, 0.3) is 0 Å². The Bertz CT molecular complexity index is 547. The SMILES string of the molecule is Cl.O=C(NCC1=CCNCC1)C1CC1c1cccc(Br)c1. The van der Waals surface area contributed by atoms with Crippen molar-refractivity contribution in [2.45, 2.75) is 18.8 Å². The highest BCUT2D eigenvalue weighted by Crippen LogP contribution is 2.47. The average molecular weight is 372 g/mol. The second kappa shape index (κ2) is 7.43. The molecule has 0 spiro atoms. The smallest absolute Gasteiger partial charge is 0.224 e. The molecule has 2 N–H and O–H groups in total. The van der Waals surface area contributed by atoms with Crippen LogP contribution in [0.2, 0.25) is 0 Å². The van der Waals surface area contributed by atoms with Crippen LogP contribution in [0.1, 0.15) is 24.3 Å². The summed E-state index contributed by atoms with van der Waals surface area (Å²) < 4.78 is 1.08. The molecule has 5 heteroatoms. The van der Waals surface area contributed by atoms with E-state index in [1.165, 1.54) is 11.1 Å². The first kappa shape index (κ1) is 16.5. The summed E-state index contributed by atoms with van der Waals surface area (Å²) in [5.41, 5.74) is 2.61. The molecule has 1 heterocycles. The van der Waals surface area contributed by atoms with Crippen LogP contribution in [-0.2, 0) is 4.79 Å². The van der Waals surface area contributed by atoms with Crippen LogP contribution >= 0.6 is 28.3 Å². The van der Waals surface area contributed by atoms with Crippen molar-refractivity contribution in [1.29, 1.82) is 0 Å². The second-order valence-electron chi connectivity index (χ2n) is 5.54. The Balaban J connectivity index is 0.00000161. The Labute approximate surface area is 140 Å². The van der Waals surface area contributed by atoms with Crippen LogP contribution < -0.4 is 10.6 Å². The van der Waals surface area contributed by atoms with E-state index in [1.807, 2.05) is 12.1 Å². The van der Waals surface area contributed by atoms with Crippen molar-refractivity contribution in [1.82, 2.24) is 10.6 Å². The molecular formula is C16H20BrClN2O. The van der Waals surface area contributed by atoms with E-state index in [1.54, 1.807) is 0 Å². The Morgan fingerprint density at radius 2 is 2.29 bits per heavy atom. The summed E-state index contributed by atoms with van der Waals surface area (Å²) in [6, 6.07) is 8.28.